The Morgan fingerprint density at radius 1 is 1.14 bits per heavy atom. The number of hydrogen-bond acceptors (Lipinski definition) is 7. The van der Waals surface area contributed by atoms with E-state index in [1.54, 1.807) is 6.08 Å². The Morgan fingerprint density at radius 3 is 2.62 bits per heavy atom. The van der Waals surface area contributed by atoms with Crippen molar-refractivity contribution in [3.05, 3.63) is 59.4 Å². The van der Waals surface area contributed by atoms with Gasteiger partial charge in [0.2, 0.25) is 11.8 Å². The molecule has 2 N–H and O–H groups in total. The fourth-order valence-electron chi connectivity index (χ4n) is 3.41. The van der Waals surface area contributed by atoms with Gasteiger partial charge >= 0.3 is 0 Å². The second-order valence-corrected chi connectivity index (χ2v) is 6.64. The number of nitrogens with one attached hydrogen (secondary N) is 2. The van der Waals surface area contributed by atoms with Crippen LogP contribution in [0.25, 0.3) is 0 Å². The van der Waals surface area contributed by atoms with Crippen LogP contribution >= 0.6 is 0 Å². The maximum absolute atomic E-state index is 13.0. The predicted octanol–water partition coefficient (Wildman–Crippen LogP) is -0.479. The number of amides is 5. The van der Waals surface area contributed by atoms with Gasteiger partial charge in [-0.05, 0) is 18.4 Å². The van der Waals surface area contributed by atoms with Crippen molar-refractivity contribution in [2.24, 2.45) is 0 Å². The minimum Gasteiger partial charge on any atom is -0.302 e. The number of imide groups is 2. The van der Waals surface area contributed by atoms with Crippen LogP contribution in [-0.2, 0) is 19.2 Å². The summed E-state index contributed by atoms with van der Waals surface area (Å²) in [5, 5.41) is 4.44. The fraction of sp³-hybridized carbons (Fsp3) is 0.211. The van der Waals surface area contributed by atoms with Crippen molar-refractivity contribution in [1.29, 1.82) is 0 Å². The Morgan fingerprint density at radius 2 is 1.90 bits per heavy atom. The average Bonchev–Trinajstić information content (AvgIpc) is 3.05. The molecule has 1 aliphatic carbocycles. The van der Waals surface area contributed by atoms with Crippen LogP contribution in [0, 0.1) is 0 Å². The highest BCUT2D eigenvalue weighted by Crippen LogP contribution is 2.34. The quantitative estimate of drug-likeness (QED) is 0.662. The molecule has 0 saturated carbocycles. The minimum atomic E-state index is -0.821. The topological polar surface area (TPSA) is 138 Å². The van der Waals surface area contributed by atoms with Crippen molar-refractivity contribution < 1.29 is 24.0 Å². The third-order valence-corrected chi connectivity index (χ3v) is 4.80. The number of nitrogens with zero attached hydrogens (tertiary/aromatic N) is 3. The molecule has 146 valence electrons. The Labute approximate surface area is 164 Å². The van der Waals surface area contributed by atoms with E-state index in [-0.39, 0.29) is 35.5 Å². The SMILES string of the molecule is O=C1CCC(N2C=C3CC=CC(C(=O)NC(=O)c4cncnc4)=C3C2=O)C(=O)N1. The molecule has 0 radical (unpaired) electrons. The highest BCUT2D eigenvalue weighted by molar-refractivity contribution is 6.17. The van der Waals surface area contributed by atoms with Crippen LogP contribution in [0.4, 0.5) is 0 Å². The van der Waals surface area contributed by atoms with E-state index in [1.165, 1.54) is 35.9 Å². The highest BCUT2D eigenvalue weighted by Gasteiger charge is 2.41. The summed E-state index contributed by atoms with van der Waals surface area (Å²) in [6, 6.07) is -0.821. The van der Waals surface area contributed by atoms with Gasteiger partial charge in [-0.15, -0.1) is 0 Å². The summed E-state index contributed by atoms with van der Waals surface area (Å²) in [6.45, 7) is 0. The number of carbonyl (C=O) groups excluding carboxylic acids is 5. The summed E-state index contributed by atoms with van der Waals surface area (Å²) in [7, 11) is 0. The molecule has 3 heterocycles. The minimum absolute atomic E-state index is 0.0347. The van der Waals surface area contributed by atoms with Crippen molar-refractivity contribution in [2.75, 3.05) is 0 Å². The number of piperidine rings is 1. The summed E-state index contributed by atoms with van der Waals surface area (Å²) in [5.41, 5.74) is 0.854. The lowest BCUT2D eigenvalue weighted by molar-refractivity contribution is -0.141. The van der Waals surface area contributed by atoms with Crippen molar-refractivity contribution in [3.8, 4) is 0 Å². The average molecular weight is 393 g/mol. The maximum atomic E-state index is 13.0. The predicted molar refractivity (Wildman–Crippen MR) is 96.4 cm³/mol. The smallest absolute Gasteiger partial charge is 0.261 e. The molecule has 1 fully saturated rings. The van der Waals surface area contributed by atoms with Crippen molar-refractivity contribution in [3.63, 3.8) is 0 Å². The molecular formula is C19H15N5O5. The molecule has 1 saturated heterocycles. The number of rotatable bonds is 3. The van der Waals surface area contributed by atoms with Crippen LogP contribution in [0.5, 0.6) is 0 Å². The van der Waals surface area contributed by atoms with Crippen LogP contribution in [-0.4, -0.2) is 50.4 Å². The molecule has 2 aliphatic heterocycles. The zero-order valence-corrected chi connectivity index (χ0v) is 15.0. The Bertz CT molecular complexity index is 1040. The largest absolute Gasteiger partial charge is 0.302 e. The van der Waals surface area contributed by atoms with Gasteiger partial charge in [0.25, 0.3) is 17.7 Å². The summed E-state index contributed by atoms with van der Waals surface area (Å²) < 4.78 is 0. The number of allylic oxidation sites excluding steroid dienone is 1. The first kappa shape index (κ1) is 18.4. The molecule has 10 nitrogen and oxygen atoms in total. The first-order chi connectivity index (χ1) is 14.0. The lowest BCUT2D eigenvalue weighted by Crippen LogP contribution is -2.51. The van der Waals surface area contributed by atoms with E-state index in [2.05, 4.69) is 20.6 Å². The van der Waals surface area contributed by atoms with Crippen LogP contribution in [0.2, 0.25) is 0 Å². The Hall–Kier alpha value is -3.95. The molecule has 0 aromatic carbocycles. The zero-order chi connectivity index (χ0) is 20.5. The van der Waals surface area contributed by atoms with Gasteiger partial charge < -0.3 is 4.90 Å². The van der Waals surface area contributed by atoms with Crippen LogP contribution in [0.15, 0.2) is 53.8 Å². The lowest BCUT2D eigenvalue weighted by Gasteiger charge is -2.28. The van der Waals surface area contributed by atoms with Gasteiger partial charge in [-0.3, -0.25) is 34.6 Å². The van der Waals surface area contributed by atoms with Crippen LogP contribution in [0.3, 0.4) is 0 Å². The number of carbonyl (C=O) groups is 5. The van der Waals surface area contributed by atoms with E-state index >= 15 is 0 Å². The second-order valence-electron chi connectivity index (χ2n) is 6.64. The van der Waals surface area contributed by atoms with Gasteiger partial charge in [-0.2, -0.15) is 0 Å². The number of hydrogen-bond donors (Lipinski definition) is 2. The zero-order valence-electron chi connectivity index (χ0n) is 15.0. The highest BCUT2D eigenvalue weighted by atomic mass is 16.2. The Kier molecular flexibility index (Phi) is 4.59. The monoisotopic (exact) mass is 393 g/mol. The molecule has 1 unspecified atom stereocenters. The molecule has 4 rings (SSSR count). The molecule has 5 amide bonds. The van der Waals surface area contributed by atoms with Gasteiger partial charge in [0.15, 0.2) is 0 Å². The van der Waals surface area contributed by atoms with Crippen molar-refractivity contribution >= 4 is 29.5 Å². The molecule has 10 heteroatoms. The molecule has 0 spiro atoms. The summed E-state index contributed by atoms with van der Waals surface area (Å²) in [4.78, 5) is 70.0. The van der Waals surface area contributed by atoms with Crippen LogP contribution in [0.1, 0.15) is 29.6 Å². The van der Waals surface area contributed by atoms with Gasteiger partial charge in [0.1, 0.15) is 12.4 Å². The van der Waals surface area contributed by atoms with Gasteiger partial charge in [0.05, 0.1) is 16.7 Å². The van der Waals surface area contributed by atoms with E-state index in [1.807, 2.05) is 0 Å². The third kappa shape index (κ3) is 3.35. The second kappa shape index (κ2) is 7.23. The molecule has 1 aromatic heterocycles. The Balaban J connectivity index is 1.58. The van der Waals surface area contributed by atoms with Gasteiger partial charge in [-0.25, -0.2) is 9.97 Å². The molecular weight excluding hydrogens is 378 g/mol. The van der Waals surface area contributed by atoms with Crippen molar-refractivity contribution in [2.45, 2.75) is 25.3 Å². The third-order valence-electron chi connectivity index (χ3n) is 4.80. The number of fused-ring (bicyclic) bond motifs is 1. The fourth-order valence-corrected chi connectivity index (χ4v) is 3.41. The van der Waals surface area contributed by atoms with Crippen LogP contribution < -0.4 is 10.6 Å². The van der Waals surface area contributed by atoms with Gasteiger partial charge in [-0.1, -0.05) is 12.2 Å². The molecule has 3 aliphatic rings. The first-order valence-electron chi connectivity index (χ1n) is 8.84. The molecule has 0 bridgehead atoms. The standard InChI is InChI=1S/C19H15N5O5/c25-14-5-4-13(18(28)22-14)24-8-10-2-1-3-12(15(10)19(24)29)17(27)23-16(26)11-6-20-9-21-7-11/h1,3,6-9,13H,2,4-5H2,(H,22,25,28)(H,23,26,27). The summed E-state index contributed by atoms with van der Waals surface area (Å²) >= 11 is 0. The first-order valence-corrected chi connectivity index (χ1v) is 8.84. The maximum Gasteiger partial charge on any atom is 0.261 e. The van der Waals surface area contributed by atoms with Crippen molar-refractivity contribution in [1.82, 2.24) is 25.5 Å². The van der Waals surface area contributed by atoms with E-state index < -0.39 is 29.7 Å². The summed E-state index contributed by atoms with van der Waals surface area (Å²) in [6.07, 6.45) is 9.22. The lowest BCUT2D eigenvalue weighted by atomic mass is 9.93. The van der Waals surface area contributed by atoms with E-state index in [9.17, 15) is 24.0 Å². The molecule has 29 heavy (non-hydrogen) atoms. The number of aromatic nitrogens is 2. The van der Waals surface area contributed by atoms with E-state index in [0.29, 0.717) is 12.0 Å². The van der Waals surface area contributed by atoms with E-state index in [0.717, 1.165) is 0 Å². The van der Waals surface area contributed by atoms with Gasteiger partial charge in [0, 0.05) is 25.0 Å². The molecule has 1 aromatic rings. The van der Waals surface area contributed by atoms with E-state index in [4.69, 9.17) is 0 Å². The normalized spacial score (nSPS) is 21.0. The molecule has 1 atom stereocenters. The summed E-state index contributed by atoms with van der Waals surface area (Å²) in [5.74, 6) is -2.88.